The van der Waals surface area contributed by atoms with Gasteiger partial charge in [-0.3, -0.25) is 4.79 Å². The van der Waals surface area contributed by atoms with Crippen molar-refractivity contribution in [1.29, 1.82) is 0 Å². The molecule has 0 radical (unpaired) electrons. The molecule has 38 heavy (non-hydrogen) atoms. The van der Waals surface area contributed by atoms with Gasteiger partial charge in [0.15, 0.2) is 0 Å². The molecule has 7 heteroatoms. The van der Waals surface area contributed by atoms with Crippen LogP contribution in [0.3, 0.4) is 0 Å². The third-order valence-corrected chi connectivity index (χ3v) is 12.7. The van der Waals surface area contributed by atoms with Gasteiger partial charge in [0, 0.05) is 67.3 Å². The number of carbonyl (C=O) groups excluding carboxylic acids is 1. The number of Topliss-reactive ketones (excluding diaryl/α,β-unsaturated/α-hetero) is 1. The summed E-state index contributed by atoms with van der Waals surface area (Å²) in [4.78, 5) is 13.1. The highest BCUT2D eigenvalue weighted by atomic mass is 16.5. The highest BCUT2D eigenvalue weighted by molar-refractivity contribution is 5.80. The summed E-state index contributed by atoms with van der Waals surface area (Å²) in [5, 5.41) is 27.5. The first-order valence-corrected chi connectivity index (χ1v) is 15.6. The van der Waals surface area contributed by atoms with Crippen LogP contribution in [0, 0.1) is 40.4 Å². The van der Waals surface area contributed by atoms with Gasteiger partial charge >= 0.3 is 0 Å². The Morgan fingerprint density at radius 2 is 1.34 bits per heavy atom. The molecule has 5 aliphatic heterocycles. The van der Waals surface area contributed by atoms with Gasteiger partial charge < -0.3 is 31.1 Å². The Morgan fingerprint density at radius 1 is 0.789 bits per heavy atom. The van der Waals surface area contributed by atoms with Crippen LogP contribution in [0.4, 0.5) is 0 Å². The second kappa shape index (κ2) is 9.49. The van der Waals surface area contributed by atoms with Gasteiger partial charge in [0.05, 0.1) is 12.2 Å². The van der Waals surface area contributed by atoms with Crippen LogP contribution in [-0.2, 0) is 9.53 Å². The molecule has 5 saturated heterocycles. The van der Waals surface area contributed by atoms with Crippen molar-refractivity contribution in [1.82, 2.24) is 21.3 Å². The molecular weight excluding hydrogens is 476 g/mol. The lowest BCUT2D eigenvalue weighted by Crippen LogP contribution is -2.54. The summed E-state index contributed by atoms with van der Waals surface area (Å²) in [6.45, 7) is 16.0. The third kappa shape index (κ3) is 4.25. The highest BCUT2D eigenvalue weighted by Crippen LogP contribution is 2.51. The molecule has 15 unspecified atom stereocenters. The Bertz CT molecular complexity index is 925. The molecular formula is C31H54N4O3. The second-order valence-corrected chi connectivity index (χ2v) is 15.7. The van der Waals surface area contributed by atoms with E-state index in [1.807, 2.05) is 7.11 Å². The lowest BCUT2D eigenvalue weighted by atomic mass is 9.75. The third-order valence-electron chi connectivity index (χ3n) is 12.7. The van der Waals surface area contributed by atoms with E-state index in [9.17, 15) is 9.90 Å². The minimum absolute atomic E-state index is 0.0248. The van der Waals surface area contributed by atoms with Crippen molar-refractivity contribution in [2.24, 2.45) is 40.4 Å². The molecule has 216 valence electrons. The molecule has 8 bridgehead atoms. The fourth-order valence-corrected chi connectivity index (χ4v) is 10.5. The zero-order valence-electron chi connectivity index (χ0n) is 25.0. The number of hydrogen-bond donors (Lipinski definition) is 5. The topological polar surface area (TPSA) is 94.7 Å². The predicted molar refractivity (Wildman–Crippen MR) is 150 cm³/mol. The van der Waals surface area contributed by atoms with Crippen molar-refractivity contribution in [2.45, 2.75) is 141 Å². The number of rotatable bonds is 2. The summed E-state index contributed by atoms with van der Waals surface area (Å²) in [7, 11) is 1.83. The van der Waals surface area contributed by atoms with E-state index in [1.54, 1.807) is 6.92 Å². The predicted octanol–water partition coefficient (Wildman–Crippen LogP) is 2.46. The molecule has 1 aliphatic carbocycles. The van der Waals surface area contributed by atoms with E-state index < -0.39 is 0 Å². The molecule has 0 aromatic rings. The fourth-order valence-electron chi connectivity index (χ4n) is 10.5. The van der Waals surface area contributed by atoms with E-state index in [0.29, 0.717) is 48.0 Å². The van der Waals surface area contributed by atoms with Gasteiger partial charge in [-0.1, -0.05) is 41.5 Å². The lowest BCUT2D eigenvalue weighted by Gasteiger charge is -2.33. The largest absolute Gasteiger partial charge is 0.393 e. The van der Waals surface area contributed by atoms with Gasteiger partial charge in [-0.25, -0.2) is 0 Å². The summed E-state index contributed by atoms with van der Waals surface area (Å²) in [5.41, 5.74) is 0.300. The van der Waals surface area contributed by atoms with Gasteiger partial charge in [0.25, 0.3) is 0 Å². The Morgan fingerprint density at radius 3 is 1.95 bits per heavy atom. The fraction of sp³-hybridized carbons (Fsp3) is 0.968. The van der Waals surface area contributed by atoms with Crippen molar-refractivity contribution in [2.75, 3.05) is 7.11 Å². The molecule has 6 aliphatic rings. The van der Waals surface area contributed by atoms with Crippen molar-refractivity contribution >= 4 is 5.78 Å². The SMILES string of the molecule is COC1C2CC(C)(C)C(CC3NC4C(CC(O)C4C3C)C3CC(C)(C)C(CC4NC1C(C(C)=O)C4C)N3)N2. The number of methoxy groups -OCH3 is 1. The summed E-state index contributed by atoms with van der Waals surface area (Å²) >= 11 is 0. The normalized spacial score (nSPS) is 54.9. The first kappa shape index (κ1) is 27.6. The van der Waals surface area contributed by atoms with E-state index in [0.717, 1.165) is 32.1 Å². The van der Waals surface area contributed by atoms with Crippen molar-refractivity contribution in [3.63, 3.8) is 0 Å². The zero-order valence-corrected chi connectivity index (χ0v) is 25.0. The molecule has 0 aromatic heterocycles. The summed E-state index contributed by atoms with van der Waals surface area (Å²) < 4.78 is 6.28. The average Bonchev–Trinajstić information content (AvgIpc) is 3.56. The number of aliphatic hydroxyl groups is 1. The molecule has 6 rings (SSSR count). The maximum atomic E-state index is 13.1. The number of nitrogens with one attached hydrogen (secondary N) is 4. The molecule has 1 saturated carbocycles. The standard InChI is InChI=1S/C31H54N4O3/c1-14-18-10-23-30(4,5)12-20(32-23)17-9-22(37)26-15(2)19(34-27(17)26)11-24-31(6,7)13-21(33-24)29(38-8)28(35-18)25(14)16(3)36/h14-15,17-29,32-35,37H,9-13H2,1-8H3. The van der Waals surface area contributed by atoms with Crippen molar-refractivity contribution < 1.29 is 14.6 Å². The summed E-state index contributed by atoms with van der Waals surface area (Å²) in [5.74, 6) is 1.77. The first-order valence-electron chi connectivity index (χ1n) is 15.6. The Kier molecular flexibility index (Phi) is 6.89. The average molecular weight is 531 g/mol. The molecule has 6 fully saturated rings. The maximum Gasteiger partial charge on any atom is 0.134 e. The van der Waals surface area contributed by atoms with Crippen molar-refractivity contribution in [3.8, 4) is 0 Å². The lowest BCUT2D eigenvalue weighted by molar-refractivity contribution is -0.123. The van der Waals surface area contributed by atoms with E-state index in [-0.39, 0.29) is 58.8 Å². The Labute approximate surface area is 230 Å². The molecule has 5 heterocycles. The highest BCUT2D eigenvalue weighted by Gasteiger charge is 2.59. The van der Waals surface area contributed by atoms with Gasteiger partial charge in [-0.05, 0) is 67.6 Å². The van der Waals surface area contributed by atoms with Gasteiger partial charge in [0.2, 0.25) is 0 Å². The number of fused-ring (bicyclic) bond motifs is 8. The van der Waals surface area contributed by atoms with Crippen LogP contribution in [0.25, 0.3) is 0 Å². The molecule has 0 amide bonds. The molecule has 15 atom stereocenters. The smallest absolute Gasteiger partial charge is 0.134 e. The Balaban J connectivity index is 1.38. The monoisotopic (exact) mass is 530 g/mol. The van der Waals surface area contributed by atoms with Crippen LogP contribution in [0.2, 0.25) is 0 Å². The zero-order chi connectivity index (χ0) is 27.3. The van der Waals surface area contributed by atoms with Gasteiger partial charge in [-0.2, -0.15) is 0 Å². The van der Waals surface area contributed by atoms with E-state index in [4.69, 9.17) is 4.74 Å². The van der Waals surface area contributed by atoms with E-state index >= 15 is 0 Å². The number of aliphatic hydroxyl groups excluding tert-OH is 1. The van der Waals surface area contributed by atoms with Gasteiger partial charge in [0.1, 0.15) is 5.78 Å². The van der Waals surface area contributed by atoms with Crippen LogP contribution in [0.15, 0.2) is 0 Å². The number of carbonyl (C=O) groups is 1. The molecule has 7 nitrogen and oxygen atoms in total. The number of hydrogen-bond acceptors (Lipinski definition) is 7. The molecule has 0 spiro atoms. The summed E-state index contributed by atoms with van der Waals surface area (Å²) in [6.07, 6.45) is 4.89. The van der Waals surface area contributed by atoms with Gasteiger partial charge in [-0.15, -0.1) is 0 Å². The van der Waals surface area contributed by atoms with Crippen LogP contribution in [-0.4, -0.2) is 78.5 Å². The van der Waals surface area contributed by atoms with E-state index in [2.05, 4.69) is 62.8 Å². The van der Waals surface area contributed by atoms with Crippen LogP contribution >= 0.6 is 0 Å². The van der Waals surface area contributed by atoms with Crippen molar-refractivity contribution in [3.05, 3.63) is 0 Å². The number of ketones is 1. The first-order chi connectivity index (χ1) is 17.8. The maximum absolute atomic E-state index is 13.1. The number of ether oxygens (including phenoxy) is 1. The van der Waals surface area contributed by atoms with Crippen LogP contribution in [0.5, 0.6) is 0 Å². The minimum Gasteiger partial charge on any atom is -0.393 e. The van der Waals surface area contributed by atoms with E-state index in [1.165, 1.54) is 0 Å². The quantitative estimate of drug-likeness (QED) is 0.374. The Hall–Kier alpha value is -0.570. The summed E-state index contributed by atoms with van der Waals surface area (Å²) in [6, 6.07) is 2.45. The minimum atomic E-state index is -0.218. The van der Waals surface area contributed by atoms with Crippen LogP contribution in [0.1, 0.15) is 80.6 Å². The van der Waals surface area contributed by atoms with Crippen LogP contribution < -0.4 is 21.3 Å². The molecule has 5 N–H and O–H groups in total. The second-order valence-electron chi connectivity index (χ2n) is 15.7. The molecule has 0 aromatic carbocycles.